The highest BCUT2D eigenvalue weighted by molar-refractivity contribution is 8.76. The summed E-state index contributed by atoms with van der Waals surface area (Å²) >= 11 is 0. The van der Waals surface area contributed by atoms with Crippen LogP contribution in [0.25, 0.3) is 11.1 Å². The Balaban J connectivity index is 1.60. The maximum atomic E-state index is 6.02. The molecular weight excluding hydrogens is 360 g/mol. The number of hydrogen-bond acceptors (Lipinski definition) is 4. The van der Waals surface area contributed by atoms with Crippen LogP contribution >= 0.6 is 21.6 Å². The van der Waals surface area contributed by atoms with E-state index in [0.29, 0.717) is 0 Å². The molecule has 1 heterocycles. The molecule has 2 aromatic rings. The molecule has 0 aromatic heterocycles. The standard InChI is InChI=1S/C22H22O2S2/c1-5-17-13-21-15(1)3-7-19(21)20-8-4-16-2-6-18(14-22(16)20)24-10-12-26-25-11-9-23-17/h1-2,5-6,13-14H,3-4,7-12H2/b20-19-. The van der Waals surface area contributed by atoms with E-state index in [-0.39, 0.29) is 0 Å². The van der Waals surface area contributed by atoms with Crippen molar-refractivity contribution in [2.75, 3.05) is 24.7 Å². The van der Waals surface area contributed by atoms with Crippen molar-refractivity contribution < 1.29 is 9.47 Å². The minimum atomic E-state index is 0.756. The Hall–Kier alpha value is -1.52. The van der Waals surface area contributed by atoms with Crippen molar-refractivity contribution in [2.24, 2.45) is 0 Å². The van der Waals surface area contributed by atoms with Gasteiger partial charge in [0, 0.05) is 11.5 Å². The highest BCUT2D eigenvalue weighted by atomic mass is 33.1. The summed E-state index contributed by atoms with van der Waals surface area (Å²) in [5, 5.41) is 0. The lowest BCUT2D eigenvalue weighted by Crippen LogP contribution is -2.02. The van der Waals surface area contributed by atoms with E-state index in [2.05, 4.69) is 36.4 Å². The summed E-state index contributed by atoms with van der Waals surface area (Å²) in [6, 6.07) is 13.3. The molecule has 0 unspecified atom stereocenters. The average molecular weight is 383 g/mol. The van der Waals surface area contributed by atoms with Crippen molar-refractivity contribution in [3.8, 4) is 11.5 Å². The SMILES string of the molecule is c1cc2c3cc1OCCSSCCOc1ccc4c(c1)/C(=C\3CC2)CC4. The van der Waals surface area contributed by atoms with Crippen LogP contribution in [0.3, 0.4) is 0 Å². The van der Waals surface area contributed by atoms with Gasteiger partial charge in [-0.2, -0.15) is 0 Å². The molecule has 0 N–H and O–H groups in total. The van der Waals surface area contributed by atoms with Gasteiger partial charge in [-0.25, -0.2) is 0 Å². The first kappa shape index (κ1) is 16.6. The fourth-order valence-electron chi connectivity index (χ4n) is 4.21. The lowest BCUT2D eigenvalue weighted by atomic mass is 9.97. The van der Waals surface area contributed by atoms with E-state index in [1.165, 1.54) is 33.4 Å². The maximum Gasteiger partial charge on any atom is 0.119 e. The maximum absolute atomic E-state index is 6.02. The predicted molar refractivity (Wildman–Crippen MR) is 112 cm³/mol. The van der Waals surface area contributed by atoms with Crippen molar-refractivity contribution in [1.82, 2.24) is 0 Å². The molecule has 2 aliphatic carbocycles. The quantitative estimate of drug-likeness (QED) is 0.549. The lowest BCUT2D eigenvalue weighted by Gasteiger charge is -2.13. The van der Waals surface area contributed by atoms with Crippen LogP contribution in [0.4, 0.5) is 0 Å². The number of benzene rings is 2. The zero-order chi connectivity index (χ0) is 17.3. The summed E-state index contributed by atoms with van der Waals surface area (Å²) in [6.45, 7) is 1.51. The molecule has 3 aliphatic rings. The number of ether oxygens (including phenoxy) is 2. The summed E-state index contributed by atoms with van der Waals surface area (Å²) in [5.41, 5.74) is 8.80. The summed E-state index contributed by atoms with van der Waals surface area (Å²) in [5.74, 6) is 4.01. The Kier molecular flexibility index (Phi) is 4.63. The topological polar surface area (TPSA) is 18.5 Å². The van der Waals surface area contributed by atoms with Crippen LogP contribution in [0, 0.1) is 0 Å². The van der Waals surface area contributed by atoms with Crippen molar-refractivity contribution in [3.63, 3.8) is 0 Å². The van der Waals surface area contributed by atoms with Crippen LogP contribution in [0.15, 0.2) is 36.4 Å². The number of fused-ring (bicyclic) bond motifs is 2. The molecule has 0 atom stereocenters. The van der Waals surface area contributed by atoms with Gasteiger partial charge in [-0.15, -0.1) is 0 Å². The number of aryl methyl sites for hydroxylation is 2. The van der Waals surface area contributed by atoms with Crippen LogP contribution in [0.1, 0.15) is 35.1 Å². The molecule has 5 rings (SSSR count). The number of hydrogen-bond donors (Lipinski definition) is 0. The summed E-state index contributed by atoms with van der Waals surface area (Å²) in [4.78, 5) is 0. The van der Waals surface area contributed by atoms with Crippen LogP contribution in [0.2, 0.25) is 0 Å². The number of allylic oxidation sites excluding steroid dienone is 2. The molecule has 26 heavy (non-hydrogen) atoms. The van der Waals surface area contributed by atoms with E-state index >= 15 is 0 Å². The van der Waals surface area contributed by atoms with Gasteiger partial charge in [0.2, 0.25) is 0 Å². The summed E-state index contributed by atoms with van der Waals surface area (Å²) in [6.07, 6.45) is 4.58. The Bertz CT molecular complexity index is 801. The third kappa shape index (κ3) is 3.14. The van der Waals surface area contributed by atoms with Crippen molar-refractivity contribution >= 4 is 32.7 Å². The molecule has 134 valence electrons. The van der Waals surface area contributed by atoms with Crippen LogP contribution in [0.5, 0.6) is 11.5 Å². The largest absolute Gasteiger partial charge is 0.493 e. The van der Waals surface area contributed by atoms with E-state index in [1.54, 1.807) is 0 Å². The highest BCUT2D eigenvalue weighted by Crippen LogP contribution is 2.45. The second-order valence-corrected chi connectivity index (χ2v) is 9.64. The Morgan fingerprint density at radius 1 is 0.615 bits per heavy atom. The van der Waals surface area contributed by atoms with Crippen molar-refractivity contribution in [2.45, 2.75) is 25.7 Å². The molecule has 0 radical (unpaired) electrons. The molecule has 0 saturated carbocycles. The van der Waals surface area contributed by atoms with Gasteiger partial charge in [0.25, 0.3) is 0 Å². The van der Waals surface area contributed by atoms with Crippen molar-refractivity contribution in [3.05, 3.63) is 58.7 Å². The molecule has 0 fully saturated rings. The van der Waals surface area contributed by atoms with Gasteiger partial charge in [0.05, 0.1) is 13.2 Å². The van der Waals surface area contributed by atoms with Crippen molar-refractivity contribution in [1.29, 1.82) is 0 Å². The fourth-order valence-corrected chi connectivity index (χ4v) is 5.86. The van der Waals surface area contributed by atoms with Gasteiger partial charge >= 0.3 is 0 Å². The van der Waals surface area contributed by atoms with Crippen LogP contribution in [-0.2, 0) is 12.8 Å². The normalized spacial score (nSPS) is 22.0. The van der Waals surface area contributed by atoms with E-state index in [1.807, 2.05) is 21.6 Å². The Labute approximate surface area is 162 Å². The molecule has 1 aliphatic heterocycles. The monoisotopic (exact) mass is 382 g/mol. The summed E-state index contributed by atoms with van der Waals surface area (Å²) < 4.78 is 12.0. The average Bonchev–Trinajstić information content (AvgIpc) is 3.26. The van der Waals surface area contributed by atoms with Gasteiger partial charge in [-0.1, -0.05) is 33.7 Å². The van der Waals surface area contributed by atoms with Crippen LogP contribution < -0.4 is 9.47 Å². The first-order chi connectivity index (χ1) is 12.9. The lowest BCUT2D eigenvalue weighted by molar-refractivity contribution is 0.343. The summed E-state index contributed by atoms with van der Waals surface area (Å²) in [7, 11) is 3.72. The van der Waals surface area contributed by atoms with Gasteiger partial charge < -0.3 is 9.47 Å². The second kappa shape index (κ2) is 7.24. The number of rotatable bonds is 0. The third-order valence-electron chi connectivity index (χ3n) is 5.42. The van der Waals surface area contributed by atoms with E-state index in [9.17, 15) is 0 Å². The van der Waals surface area contributed by atoms with Gasteiger partial charge in [0.1, 0.15) is 11.5 Å². The smallest absolute Gasteiger partial charge is 0.119 e. The van der Waals surface area contributed by atoms with Gasteiger partial charge in [0.15, 0.2) is 0 Å². The van der Waals surface area contributed by atoms with Crippen LogP contribution in [-0.4, -0.2) is 24.7 Å². The Morgan fingerprint density at radius 3 is 1.62 bits per heavy atom. The highest BCUT2D eigenvalue weighted by Gasteiger charge is 2.26. The van der Waals surface area contributed by atoms with E-state index in [0.717, 1.165) is 61.9 Å². The predicted octanol–water partition coefficient (Wildman–Crippen LogP) is 5.64. The molecule has 2 nitrogen and oxygen atoms in total. The molecule has 4 bridgehead atoms. The molecule has 0 spiro atoms. The minimum absolute atomic E-state index is 0.756. The molecular formula is C22H22O2S2. The first-order valence-electron chi connectivity index (χ1n) is 9.37. The minimum Gasteiger partial charge on any atom is -0.493 e. The van der Waals surface area contributed by atoms with E-state index in [4.69, 9.17) is 9.47 Å². The fraction of sp³-hybridized carbons (Fsp3) is 0.364. The third-order valence-corrected chi connectivity index (χ3v) is 7.75. The zero-order valence-corrected chi connectivity index (χ0v) is 16.4. The zero-order valence-electron chi connectivity index (χ0n) is 14.8. The van der Waals surface area contributed by atoms with Gasteiger partial charge in [-0.05, 0) is 83.3 Å². The second-order valence-electron chi connectivity index (χ2n) is 6.94. The molecule has 0 amide bonds. The van der Waals surface area contributed by atoms with Gasteiger partial charge in [-0.3, -0.25) is 0 Å². The molecule has 0 saturated heterocycles. The first-order valence-corrected chi connectivity index (χ1v) is 11.9. The molecule has 2 aromatic carbocycles. The molecule has 4 heteroatoms. The van der Waals surface area contributed by atoms with E-state index < -0.39 is 0 Å². The Morgan fingerprint density at radius 2 is 1.12 bits per heavy atom.